The fourth-order valence-electron chi connectivity index (χ4n) is 2.82. The SMILES string of the molecule is CNc1cc([C@H]2CCCN2C(=O)c2cnc(C)nc2)ccn1. The lowest BCUT2D eigenvalue weighted by Gasteiger charge is -2.25. The molecule has 0 spiro atoms. The number of carbonyl (C=O) groups excluding carboxylic acids is 1. The van der Waals surface area contributed by atoms with E-state index in [0.717, 1.165) is 30.8 Å². The molecule has 0 bridgehead atoms. The third kappa shape index (κ3) is 2.77. The Hall–Kier alpha value is -2.50. The van der Waals surface area contributed by atoms with E-state index in [4.69, 9.17) is 0 Å². The smallest absolute Gasteiger partial charge is 0.257 e. The first kappa shape index (κ1) is 14.4. The lowest BCUT2D eigenvalue weighted by atomic mass is 10.1. The highest BCUT2D eigenvalue weighted by Crippen LogP contribution is 2.33. The van der Waals surface area contributed by atoms with E-state index in [9.17, 15) is 4.79 Å². The standard InChI is InChI=1S/C16H19N5O/c1-11-19-9-13(10-20-11)16(22)21-7-3-4-14(21)12-5-6-18-15(8-12)17-2/h5-6,8-10,14H,3-4,7H2,1-2H3,(H,17,18)/t14-/m1/s1. The van der Waals surface area contributed by atoms with Crippen LogP contribution in [0, 0.1) is 6.92 Å². The summed E-state index contributed by atoms with van der Waals surface area (Å²) in [4.78, 5) is 27.1. The maximum Gasteiger partial charge on any atom is 0.257 e. The van der Waals surface area contributed by atoms with Gasteiger partial charge in [0.05, 0.1) is 11.6 Å². The number of nitrogens with one attached hydrogen (secondary N) is 1. The topological polar surface area (TPSA) is 71.0 Å². The van der Waals surface area contributed by atoms with Crippen LogP contribution in [0.25, 0.3) is 0 Å². The Morgan fingerprint density at radius 3 is 2.82 bits per heavy atom. The highest BCUT2D eigenvalue weighted by molar-refractivity contribution is 5.94. The molecule has 0 radical (unpaired) electrons. The number of rotatable bonds is 3. The van der Waals surface area contributed by atoms with Gasteiger partial charge in [-0.3, -0.25) is 4.79 Å². The second-order valence-electron chi connectivity index (χ2n) is 5.40. The summed E-state index contributed by atoms with van der Waals surface area (Å²) in [5.41, 5.74) is 1.65. The molecule has 6 heteroatoms. The van der Waals surface area contributed by atoms with Crippen LogP contribution in [0.2, 0.25) is 0 Å². The van der Waals surface area contributed by atoms with Gasteiger partial charge in [0.2, 0.25) is 0 Å². The molecule has 3 rings (SSSR count). The molecular formula is C16H19N5O. The molecule has 1 atom stereocenters. The molecule has 2 aromatic rings. The maximum atomic E-state index is 12.7. The molecule has 1 amide bonds. The van der Waals surface area contributed by atoms with Gasteiger partial charge in [0.1, 0.15) is 11.6 Å². The largest absolute Gasteiger partial charge is 0.373 e. The molecular weight excluding hydrogens is 278 g/mol. The van der Waals surface area contributed by atoms with Gasteiger partial charge in [-0.1, -0.05) is 0 Å². The van der Waals surface area contributed by atoms with Crippen LogP contribution in [0.3, 0.4) is 0 Å². The zero-order valence-electron chi connectivity index (χ0n) is 12.8. The number of hydrogen-bond acceptors (Lipinski definition) is 5. The summed E-state index contributed by atoms with van der Waals surface area (Å²) in [6, 6.07) is 4.06. The van der Waals surface area contributed by atoms with Crippen molar-refractivity contribution < 1.29 is 4.79 Å². The van der Waals surface area contributed by atoms with Crippen LogP contribution >= 0.6 is 0 Å². The van der Waals surface area contributed by atoms with E-state index in [2.05, 4.69) is 20.3 Å². The molecule has 114 valence electrons. The Bertz CT molecular complexity index is 670. The fourth-order valence-corrected chi connectivity index (χ4v) is 2.82. The molecule has 0 aromatic carbocycles. The van der Waals surface area contributed by atoms with E-state index in [1.165, 1.54) is 0 Å². The predicted molar refractivity (Wildman–Crippen MR) is 83.6 cm³/mol. The molecule has 1 aliphatic rings. The first-order chi connectivity index (χ1) is 10.7. The van der Waals surface area contributed by atoms with Crippen LogP contribution in [0.5, 0.6) is 0 Å². The normalized spacial score (nSPS) is 17.5. The number of pyridine rings is 1. The second-order valence-corrected chi connectivity index (χ2v) is 5.40. The fraction of sp³-hybridized carbons (Fsp3) is 0.375. The van der Waals surface area contributed by atoms with E-state index < -0.39 is 0 Å². The van der Waals surface area contributed by atoms with Crippen molar-refractivity contribution >= 4 is 11.7 Å². The van der Waals surface area contributed by atoms with Crippen molar-refractivity contribution in [2.75, 3.05) is 18.9 Å². The Morgan fingerprint density at radius 1 is 1.32 bits per heavy atom. The van der Waals surface area contributed by atoms with Crippen LogP contribution in [-0.4, -0.2) is 39.4 Å². The van der Waals surface area contributed by atoms with Crippen molar-refractivity contribution in [3.63, 3.8) is 0 Å². The average Bonchev–Trinajstić information content (AvgIpc) is 3.04. The van der Waals surface area contributed by atoms with Crippen molar-refractivity contribution in [1.82, 2.24) is 19.9 Å². The molecule has 0 unspecified atom stereocenters. The van der Waals surface area contributed by atoms with Crippen molar-refractivity contribution in [3.05, 3.63) is 47.7 Å². The average molecular weight is 297 g/mol. The summed E-state index contributed by atoms with van der Waals surface area (Å²) in [6.07, 6.45) is 6.94. The van der Waals surface area contributed by atoms with E-state index >= 15 is 0 Å². The highest BCUT2D eigenvalue weighted by atomic mass is 16.2. The van der Waals surface area contributed by atoms with Gasteiger partial charge >= 0.3 is 0 Å². The quantitative estimate of drug-likeness (QED) is 0.940. The van der Waals surface area contributed by atoms with Crippen molar-refractivity contribution in [3.8, 4) is 0 Å². The molecule has 0 saturated carbocycles. The van der Waals surface area contributed by atoms with E-state index in [-0.39, 0.29) is 11.9 Å². The van der Waals surface area contributed by atoms with E-state index in [1.807, 2.05) is 31.0 Å². The number of anilines is 1. The van der Waals surface area contributed by atoms with Crippen LogP contribution < -0.4 is 5.32 Å². The van der Waals surface area contributed by atoms with E-state index in [1.54, 1.807) is 18.6 Å². The number of aryl methyl sites for hydroxylation is 1. The molecule has 1 saturated heterocycles. The summed E-state index contributed by atoms with van der Waals surface area (Å²) in [7, 11) is 1.84. The van der Waals surface area contributed by atoms with Gasteiger partial charge < -0.3 is 10.2 Å². The molecule has 1 aliphatic heterocycles. The van der Waals surface area contributed by atoms with Gasteiger partial charge in [0.15, 0.2) is 0 Å². The molecule has 0 aliphatic carbocycles. The Kier molecular flexibility index (Phi) is 4.00. The summed E-state index contributed by atoms with van der Waals surface area (Å²) in [5, 5.41) is 3.04. The minimum absolute atomic E-state index is 0.00896. The van der Waals surface area contributed by atoms with Crippen LogP contribution in [0.1, 0.15) is 40.6 Å². The first-order valence-corrected chi connectivity index (χ1v) is 7.42. The summed E-state index contributed by atoms with van der Waals surface area (Å²) < 4.78 is 0. The van der Waals surface area contributed by atoms with Gasteiger partial charge in [-0.15, -0.1) is 0 Å². The Balaban J connectivity index is 1.86. The number of hydrogen-bond donors (Lipinski definition) is 1. The third-order valence-corrected chi connectivity index (χ3v) is 3.97. The van der Waals surface area contributed by atoms with Gasteiger partial charge in [-0.25, -0.2) is 15.0 Å². The first-order valence-electron chi connectivity index (χ1n) is 7.42. The highest BCUT2D eigenvalue weighted by Gasteiger charge is 2.31. The summed E-state index contributed by atoms with van der Waals surface area (Å²) in [5.74, 6) is 1.48. The van der Waals surface area contributed by atoms with Gasteiger partial charge in [-0.2, -0.15) is 0 Å². The number of likely N-dealkylation sites (tertiary alicyclic amines) is 1. The monoisotopic (exact) mass is 297 g/mol. The van der Waals surface area contributed by atoms with Gasteiger partial charge in [0, 0.05) is 32.2 Å². The molecule has 22 heavy (non-hydrogen) atoms. The van der Waals surface area contributed by atoms with Crippen LogP contribution in [-0.2, 0) is 0 Å². The third-order valence-electron chi connectivity index (χ3n) is 3.97. The Morgan fingerprint density at radius 2 is 2.09 bits per heavy atom. The zero-order chi connectivity index (χ0) is 15.5. The van der Waals surface area contributed by atoms with Crippen molar-refractivity contribution in [2.24, 2.45) is 0 Å². The maximum absolute atomic E-state index is 12.7. The predicted octanol–water partition coefficient (Wildman–Crippen LogP) is 2.20. The number of carbonyl (C=O) groups is 1. The van der Waals surface area contributed by atoms with Crippen LogP contribution in [0.15, 0.2) is 30.7 Å². The zero-order valence-corrected chi connectivity index (χ0v) is 12.8. The second kappa shape index (κ2) is 6.09. The minimum Gasteiger partial charge on any atom is -0.373 e. The number of nitrogens with zero attached hydrogens (tertiary/aromatic N) is 4. The molecule has 1 N–H and O–H groups in total. The molecule has 6 nitrogen and oxygen atoms in total. The number of amides is 1. The number of aromatic nitrogens is 3. The molecule has 2 aromatic heterocycles. The lowest BCUT2D eigenvalue weighted by molar-refractivity contribution is 0.0734. The summed E-state index contributed by atoms with van der Waals surface area (Å²) >= 11 is 0. The molecule has 1 fully saturated rings. The van der Waals surface area contributed by atoms with Crippen molar-refractivity contribution in [1.29, 1.82) is 0 Å². The Labute approximate surface area is 129 Å². The van der Waals surface area contributed by atoms with E-state index in [0.29, 0.717) is 11.4 Å². The van der Waals surface area contributed by atoms with Gasteiger partial charge in [-0.05, 0) is 37.5 Å². The molecule has 3 heterocycles. The summed E-state index contributed by atoms with van der Waals surface area (Å²) in [6.45, 7) is 2.57. The van der Waals surface area contributed by atoms with Gasteiger partial charge in [0.25, 0.3) is 5.91 Å². The van der Waals surface area contributed by atoms with Crippen molar-refractivity contribution in [2.45, 2.75) is 25.8 Å². The minimum atomic E-state index is -0.00896. The van der Waals surface area contributed by atoms with Crippen LogP contribution in [0.4, 0.5) is 5.82 Å². The lowest BCUT2D eigenvalue weighted by Crippen LogP contribution is -2.30.